The van der Waals surface area contributed by atoms with Gasteiger partial charge in [-0.05, 0) is 36.8 Å². The van der Waals surface area contributed by atoms with Crippen LogP contribution in [-0.4, -0.2) is 79.2 Å². The fourth-order valence-corrected chi connectivity index (χ4v) is 4.60. The predicted molar refractivity (Wildman–Crippen MR) is 143 cm³/mol. The lowest BCUT2D eigenvalue weighted by Gasteiger charge is -2.37. The molecule has 1 N–H and O–H groups in total. The van der Waals surface area contributed by atoms with E-state index in [1.165, 1.54) is 0 Å². The zero-order valence-electron chi connectivity index (χ0n) is 21.1. The van der Waals surface area contributed by atoms with Crippen LogP contribution < -0.4 is 19.9 Å². The van der Waals surface area contributed by atoms with Crippen LogP contribution in [0.1, 0.15) is 16.8 Å². The Kier molecular flexibility index (Phi) is 7.46. The molecule has 0 spiro atoms. The average molecular weight is 502 g/mol. The lowest BCUT2D eigenvalue weighted by Crippen LogP contribution is -2.47. The van der Waals surface area contributed by atoms with E-state index in [0.717, 1.165) is 66.6 Å². The highest BCUT2D eigenvalue weighted by Crippen LogP contribution is 2.32. The standard InChI is InChI=1S/C27H31N7O3/c1-36-16-6-11-28-27(35)20-9-10-24(37-2)23(17-20)32-12-14-33(15-13-32)25-22-18-31-34(26(22)30-19-29-25)21-7-4-3-5-8-21/h3-5,7-10,17-19H,6,11-16H2,1-2H3,(H,28,35). The number of carbonyl (C=O) groups excluding carboxylic acids is 1. The summed E-state index contributed by atoms with van der Waals surface area (Å²) < 4.78 is 12.5. The van der Waals surface area contributed by atoms with Crippen molar-refractivity contribution in [3.05, 3.63) is 66.6 Å². The zero-order chi connectivity index (χ0) is 25.6. The summed E-state index contributed by atoms with van der Waals surface area (Å²) in [5.74, 6) is 1.53. The third-order valence-corrected chi connectivity index (χ3v) is 6.52. The second-order valence-corrected chi connectivity index (χ2v) is 8.79. The topological polar surface area (TPSA) is 97.6 Å². The van der Waals surface area contributed by atoms with Crippen LogP contribution in [-0.2, 0) is 4.74 Å². The van der Waals surface area contributed by atoms with Gasteiger partial charge in [-0.1, -0.05) is 18.2 Å². The molecule has 1 aliphatic heterocycles. The Balaban J connectivity index is 1.31. The van der Waals surface area contributed by atoms with Crippen molar-refractivity contribution in [2.75, 3.05) is 63.4 Å². The summed E-state index contributed by atoms with van der Waals surface area (Å²) >= 11 is 0. The minimum atomic E-state index is -0.0996. The monoisotopic (exact) mass is 501 g/mol. The second-order valence-electron chi connectivity index (χ2n) is 8.79. The highest BCUT2D eigenvalue weighted by molar-refractivity contribution is 5.95. The van der Waals surface area contributed by atoms with Crippen molar-refractivity contribution in [2.45, 2.75) is 6.42 Å². The molecular formula is C27H31N7O3. The molecule has 0 bridgehead atoms. The summed E-state index contributed by atoms with van der Waals surface area (Å²) in [6.07, 6.45) is 4.21. The Morgan fingerprint density at radius 3 is 2.54 bits per heavy atom. The quantitative estimate of drug-likeness (QED) is 0.350. The number of aromatic nitrogens is 4. The summed E-state index contributed by atoms with van der Waals surface area (Å²) in [5, 5.41) is 8.45. The molecule has 0 radical (unpaired) electrons. The molecule has 2 aromatic heterocycles. The smallest absolute Gasteiger partial charge is 0.251 e. The van der Waals surface area contributed by atoms with E-state index in [4.69, 9.17) is 9.47 Å². The van der Waals surface area contributed by atoms with Gasteiger partial charge in [0.15, 0.2) is 5.65 Å². The Hall–Kier alpha value is -4.18. The number of carbonyl (C=O) groups is 1. The van der Waals surface area contributed by atoms with E-state index >= 15 is 0 Å². The molecular weight excluding hydrogens is 470 g/mol. The minimum absolute atomic E-state index is 0.0996. The average Bonchev–Trinajstić information content (AvgIpc) is 3.40. The van der Waals surface area contributed by atoms with Gasteiger partial charge in [0.2, 0.25) is 0 Å². The first-order valence-corrected chi connectivity index (χ1v) is 12.4. The maximum Gasteiger partial charge on any atom is 0.251 e. The third-order valence-electron chi connectivity index (χ3n) is 6.52. The lowest BCUT2D eigenvalue weighted by atomic mass is 10.1. The molecule has 4 aromatic rings. The van der Waals surface area contributed by atoms with Crippen LogP contribution in [0.3, 0.4) is 0 Å². The highest BCUT2D eigenvalue weighted by Gasteiger charge is 2.24. The van der Waals surface area contributed by atoms with Crippen molar-refractivity contribution in [3.63, 3.8) is 0 Å². The number of rotatable bonds is 9. The normalized spacial score (nSPS) is 13.7. The summed E-state index contributed by atoms with van der Waals surface area (Å²) in [4.78, 5) is 26.3. The molecule has 1 aliphatic rings. The molecule has 1 amide bonds. The van der Waals surface area contributed by atoms with Gasteiger partial charge in [-0.25, -0.2) is 14.6 Å². The predicted octanol–water partition coefficient (Wildman–Crippen LogP) is 2.92. The van der Waals surface area contributed by atoms with Crippen molar-refractivity contribution >= 4 is 28.4 Å². The van der Waals surface area contributed by atoms with Crippen LogP contribution in [0.4, 0.5) is 11.5 Å². The molecule has 0 saturated carbocycles. The Morgan fingerprint density at radius 2 is 1.78 bits per heavy atom. The number of hydrogen-bond acceptors (Lipinski definition) is 8. The van der Waals surface area contributed by atoms with Crippen LogP contribution in [0.5, 0.6) is 5.75 Å². The minimum Gasteiger partial charge on any atom is -0.495 e. The SMILES string of the molecule is COCCCNC(=O)c1ccc(OC)c(N2CCN(c3ncnc4c3cnn4-c3ccccc3)CC2)c1. The molecule has 0 aliphatic carbocycles. The van der Waals surface area contributed by atoms with Gasteiger partial charge in [0, 0.05) is 52.0 Å². The number of amides is 1. The Bertz CT molecular complexity index is 1350. The molecule has 2 aromatic carbocycles. The molecule has 10 heteroatoms. The van der Waals surface area contributed by atoms with E-state index in [1.807, 2.05) is 53.3 Å². The number of benzene rings is 2. The van der Waals surface area contributed by atoms with Crippen LogP contribution in [0.2, 0.25) is 0 Å². The first kappa shape index (κ1) is 24.5. The molecule has 192 valence electrons. The van der Waals surface area contributed by atoms with E-state index in [0.29, 0.717) is 18.7 Å². The highest BCUT2D eigenvalue weighted by atomic mass is 16.5. The van der Waals surface area contributed by atoms with Gasteiger partial charge in [0.1, 0.15) is 17.9 Å². The van der Waals surface area contributed by atoms with Gasteiger partial charge in [-0.15, -0.1) is 0 Å². The van der Waals surface area contributed by atoms with Gasteiger partial charge in [-0.2, -0.15) is 5.10 Å². The molecule has 3 heterocycles. The second kappa shape index (κ2) is 11.3. The number of fused-ring (bicyclic) bond motifs is 1. The van der Waals surface area contributed by atoms with Crippen molar-refractivity contribution in [3.8, 4) is 11.4 Å². The van der Waals surface area contributed by atoms with Crippen molar-refractivity contribution in [2.24, 2.45) is 0 Å². The number of hydrogen-bond donors (Lipinski definition) is 1. The summed E-state index contributed by atoms with van der Waals surface area (Å²) in [6, 6.07) is 15.5. The molecule has 0 unspecified atom stereocenters. The number of ether oxygens (including phenoxy) is 2. The number of anilines is 2. The summed E-state index contributed by atoms with van der Waals surface area (Å²) in [6.45, 7) is 4.23. The zero-order valence-corrected chi connectivity index (χ0v) is 21.1. The maximum atomic E-state index is 12.7. The van der Waals surface area contributed by atoms with E-state index in [2.05, 4.69) is 30.2 Å². The fourth-order valence-electron chi connectivity index (χ4n) is 4.60. The van der Waals surface area contributed by atoms with Crippen molar-refractivity contribution < 1.29 is 14.3 Å². The van der Waals surface area contributed by atoms with Crippen LogP contribution in [0.25, 0.3) is 16.7 Å². The van der Waals surface area contributed by atoms with E-state index in [1.54, 1.807) is 26.6 Å². The Morgan fingerprint density at radius 1 is 1.00 bits per heavy atom. The number of nitrogens with one attached hydrogen (secondary N) is 1. The van der Waals surface area contributed by atoms with Crippen LogP contribution in [0, 0.1) is 0 Å². The first-order chi connectivity index (χ1) is 18.2. The molecule has 5 rings (SSSR count). The maximum absolute atomic E-state index is 12.7. The molecule has 37 heavy (non-hydrogen) atoms. The van der Waals surface area contributed by atoms with Crippen LogP contribution in [0.15, 0.2) is 61.1 Å². The van der Waals surface area contributed by atoms with Gasteiger partial charge < -0.3 is 24.6 Å². The summed E-state index contributed by atoms with van der Waals surface area (Å²) in [5.41, 5.74) is 3.27. The Labute approximate surface area is 215 Å². The van der Waals surface area contributed by atoms with E-state index in [-0.39, 0.29) is 5.91 Å². The lowest BCUT2D eigenvalue weighted by molar-refractivity contribution is 0.0948. The van der Waals surface area contributed by atoms with Crippen molar-refractivity contribution in [1.29, 1.82) is 0 Å². The van der Waals surface area contributed by atoms with Gasteiger partial charge in [0.05, 0.1) is 30.1 Å². The molecule has 10 nitrogen and oxygen atoms in total. The number of para-hydroxylation sites is 1. The largest absolute Gasteiger partial charge is 0.495 e. The number of methoxy groups -OCH3 is 2. The van der Waals surface area contributed by atoms with E-state index in [9.17, 15) is 4.79 Å². The van der Waals surface area contributed by atoms with Gasteiger partial charge in [-0.3, -0.25) is 4.79 Å². The number of piperazine rings is 1. The van der Waals surface area contributed by atoms with Crippen LogP contribution >= 0.6 is 0 Å². The molecule has 0 atom stereocenters. The van der Waals surface area contributed by atoms with Gasteiger partial charge in [0.25, 0.3) is 5.91 Å². The molecule has 1 fully saturated rings. The molecule has 1 saturated heterocycles. The first-order valence-electron chi connectivity index (χ1n) is 12.4. The van der Waals surface area contributed by atoms with E-state index < -0.39 is 0 Å². The van der Waals surface area contributed by atoms with Crippen molar-refractivity contribution in [1.82, 2.24) is 25.1 Å². The summed E-state index contributed by atoms with van der Waals surface area (Å²) in [7, 11) is 3.31. The van der Waals surface area contributed by atoms with Gasteiger partial charge >= 0.3 is 0 Å². The number of nitrogens with zero attached hydrogens (tertiary/aromatic N) is 6. The fraction of sp³-hybridized carbons (Fsp3) is 0.333. The third kappa shape index (κ3) is 5.19.